The number of aliphatic imine (C=N–C) groups is 1. The number of guanidine groups is 1. The summed E-state index contributed by atoms with van der Waals surface area (Å²) in [5, 5.41) is 9.25. The summed E-state index contributed by atoms with van der Waals surface area (Å²) in [6.45, 7) is 10.8. The first-order valence-corrected chi connectivity index (χ1v) is 9.40. The summed E-state index contributed by atoms with van der Waals surface area (Å²) >= 11 is 0. The molecule has 0 aliphatic carbocycles. The predicted molar refractivity (Wildman–Crippen MR) is 124 cm³/mol. The van der Waals surface area contributed by atoms with Crippen LogP contribution in [-0.2, 0) is 22.6 Å². The maximum absolute atomic E-state index is 11.6. The number of amides is 1. The van der Waals surface area contributed by atoms with Crippen LogP contribution in [0.3, 0.4) is 0 Å². The fraction of sp³-hybridized carbons (Fsp3) is 0.600. The van der Waals surface area contributed by atoms with Crippen LogP contribution in [0, 0.1) is 0 Å². The highest BCUT2D eigenvalue weighted by molar-refractivity contribution is 14.0. The first-order valence-electron chi connectivity index (χ1n) is 9.40. The van der Waals surface area contributed by atoms with E-state index in [1.165, 1.54) is 0 Å². The van der Waals surface area contributed by atoms with Crippen molar-refractivity contribution < 1.29 is 14.3 Å². The van der Waals surface area contributed by atoms with Gasteiger partial charge in [0.1, 0.15) is 5.60 Å². The van der Waals surface area contributed by atoms with Gasteiger partial charge in [0.2, 0.25) is 0 Å². The van der Waals surface area contributed by atoms with Crippen LogP contribution in [0.4, 0.5) is 4.79 Å². The summed E-state index contributed by atoms with van der Waals surface area (Å²) in [7, 11) is 1.69. The number of carbonyl (C=O) groups excluding carboxylic acids is 1. The number of ether oxygens (including phenoxy) is 2. The zero-order valence-corrected chi connectivity index (χ0v) is 20.0. The monoisotopic (exact) mass is 506 g/mol. The molecule has 0 fully saturated rings. The molecule has 0 aromatic heterocycles. The molecule has 0 unspecified atom stereocenters. The van der Waals surface area contributed by atoms with Gasteiger partial charge in [0.15, 0.2) is 5.96 Å². The number of benzene rings is 1. The lowest BCUT2D eigenvalue weighted by molar-refractivity contribution is 0.0527. The third-order valence-corrected chi connectivity index (χ3v) is 3.38. The van der Waals surface area contributed by atoms with Crippen LogP contribution >= 0.6 is 24.0 Å². The van der Waals surface area contributed by atoms with Gasteiger partial charge < -0.3 is 25.4 Å². The van der Waals surface area contributed by atoms with Gasteiger partial charge in [0.05, 0.1) is 13.2 Å². The molecular weight excluding hydrogens is 471 g/mol. The largest absolute Gasteiger partial charge is 0.444 e. The predicted octanol–water partition coefficient (Wildman–Crippen LogP) is 3.42. The van der Waals surface area contributed by atoms with Crippen LogP contribution in [0.25, 0.3) is 0 Å². The van der Waals surface area contributed by atoms with Gasteiger partial charge in [-0.2, -0.15) is 0 Å². The minimum atomic E-state index is -0.478. The molecule has 0 spiro atoms. The Kier molecular flexibility index (Phi) is 13.6. The smallest absolute Gasteiger partial charge is 0.407 e. The number of alkyl carbamates (subject to hydrolysis) is 1. The molecule has 0 aliphatic heterocycles. The van der Waals surface area contributed by atoms with E-state index in [1.807, 2.05) is 39.8 Å². The number of carbonyl (C=O) groups is 1. The Hall–Kier alpha value is -1.55. The number of rotatable bonds is 9. The number of hydrogen-bond acceptors (Lipinski definition) is 4. The molecule has 8 heteroatoms. The maximum Gasteiger partial charge on any atom is 0.407 e. The third kappa shape index (κ3) is 12.8. The van der Waals surface area contributed by atoms with Crippen molar-refractivity contribution in [1.82, 2.24) is 16.0 Å². The zero-order valence-electron chi connectivity index (χ0n) is 17.6. The molecule has 1 amide bonds. The van der Waals surface area contributed by atoms with Crippen molar-refractivity contribution >= 4 is 36.0 Å². The maximum atomic E-state index is 11.6. The number of nitrogens with zero attached hydrogens (tertiary/aromatic N) is 1. The molecule has 28 heavy (non-hydrogen) atoms. The van der Waals surface area contributed by atoms with E-state index in [0.29, 0.717) is 26.2 Å². The van der Waals surface area contributed by atoms with Crippen LogP contribution in [0.2, 0.25) is 0 Å². The lowest BCUT2D eigenvalue weighted by Crippen LogP contribution is -2.39. The molecule has 1 rings (SSSR count). The molecule has 7 nitrogen and oxygen atoms in total. The van der Waals surface area contributed by atoms with Crippen molar-refractivity contribution in [2.24, 2.45) is 4.99 Å². The van der Waals surface area contributed by atoms with Crippen molar-refractivity contribution in [2.75, 3.05) is 26.7 Å². The van der Waals surface area contributed by atoms with Gasteiger partial charge in [-0.3, -0.25) is 0 Å². The van der Waals surface area contributed by atoms with E-state index in [2.05, 4.69) is 33.1 Å². The van der Waals surface area contributed by atoms with Crippen LogP contribution in [0.15, 0.2) is 29.3 Å². The van der Waals surface area contributed by atoms with E-state index in [9.17, 15) is 4.79 Å². The minimum absolute atomic E-state index is 0. The highest BCUT2D eigenvalue weighted by Crippen LogP contribution is 2.08. The van der Waals surface area contributed by atoms with E-state index in [4.69, 9.17) is 9.47 Å². The van der Waals surface area contributed by atoms with Crippen molar-refractivity contribution in [2.45, 2.75) is 52.9 Å². The molecule has 0 aliphatic rings. The van der Waals surface area contributed by atoms with Crippen LogP contribution < -0.4 is 16.0 Å². The second-order valence-corrected chi connectivity index (χ2v) is 7.16. The summed E-state index contributed by atoms with van der Waals surface area (Å²) in [5.41, 5.74) is 1.79. The summed E-state index contributed by atoms with van der Waals surface area (Å²) in [6.07, 6.45) is 0.381. The molecule has 0 bridgehead atoms. The van der Waals surface area contributed by atoms with Gasteiger partial charge in [-0.05, 0) is 45.2 Å². The Labute approximate surface area is 186 Å². The molecule has 1 aromatic rings. The summed E-state index contributed by atoms with van der Waals surface area (Å²) in [6, 6.07) is 8.21. The minimum Gasteiger partial charge on any atom is -0.444 e. The van der Waals surface area contributed by atoms with Crippen molar-refractivity contribution in [3.8, 4) is 0 Å². The second-order valence-electron chi connectivity index (χ2n) is 7.16. The second kappa shape index (κ2) is 14.4. The van der Waals surface area contributed by atoms with E-state index in [-0.39, 0.29) is 30.1 Å². The average molecular weight is 506 g/mol. The highest BCUT2D eigenvalue weighted by Gasteiger charge is 2.15. The van der Waals surface area contributed by atoms with Crippen molar-refractivity contribution in [3.05, 3.63) is 35.4 Å². The molecule has 0 saturated carbocycles. The average Bonchev–Trinajstić information content (AvgIpc) is 2.58. The summed E-state index contributed by atoms with van der Waals surface area (Å²) in [4.78, 5) is 16.2. The van der Waals surface area contributed by atoms with E-state index in [1.54, 1.807) is 7.11 Å². The van der Waals surface area contributed by atoms with Gasteiger partial charge in [-0.1, -0.05) is 24.3 Å². The molecule has 0 atom stereocenters. The van der Waals surface area contributed by atoms with E-state index >= 15 is 0 Å². The quantitative estimate of drug-likeness (QED) is 0.207. The first-order chi connectivity index (χ1) is 12.8. The van der Waals surface area contributed by atoms with Gasteiger partial charge in [-0.25, -0.2) is 9.79 Å². The summed E-state index contributed by atoms with van der Waals surface area (Å²) < 4.78 is 10.4. The Morgan fingerprint density at radius 1 is 1.11 bits per heavy atom. The molecule has 160 valence electrons. The van der Waals surface area contributed by atoms with Gasteiger partial charge in [0.25, 0.3) is 0 Å². The SMILES string of the molecule is CCNC(=NCc1cccc(COC)c1)NCCCNC(=O)OC(C)(C)C.I. The van der Waals surface area contributed by atoms with E-state index in [0.717, 1.165) is 30.1 Å². The number of halogens is 1. The van der Waals surface area contributed by atoms with E-state index < -0.39 is 5.60 Å². The standard InChI is InChI=1S/C20H34N4O3.HI/c1-6-21-18(22-11-8-12-23-19(25)27-20(2,3)4)24-14-16-9-7-10-17(13-16)15-26-5;/h7,9-10,13H,6,8,11-12,14-15H2,1-5H3,(H,23,25)(H2,21,22,24);1H. The number of hydrogen-bond donors (Lipinski definition) is 3. The van der Waals surface area contributed by atoms with Gasteiger partial charge in [0, 0.05) is 26.7 Å². The van der Waals surface area contributed by atoms with Crippen LogP contribution in [-0.4, -0.2) is 44.4 Å². The Balaban J connectivity index is 0.00000729. The number of nitrogens with one attached hydrogen (secondary N) is 3. The fourth-order valence-electron chi connectivity index (χ4n) is 2.30. The Morgan fingerprint density at radius 3 is 2.43 bits per heavy atom. The zero-order chi connectivity index (χ0) is 20.1. The topological polar surface area (TPSA) is 84.0 Å². The normalized spacial score (nSPS) is 11.4. The lowest BCUT2D eigenvalue weighted by Gasteiger charge is -2.19. The lowest BCUT2D eigenvalue weighted by atomic mass is 10.1. The molecule has 0 heterocycles. The van der Waals surface area contributed by atoms with Gasteiger partial charge >= 0.3 is 6.09 Å². The Bertz CT molecular complexity index is 603. The molecule has 1 aromatic carbocycles. The van der Waals surface area contributed by atoms with Crippen molar-refractivity contribution in [3.63, 3.8) is 0 Å². The Morgan fingerprint density at radius 2 is 1.79 bits per heavy atom. The molecule has 0 saturated heterocycles. The van der Waals surface area contributed by atoms with Crippen LogP contribution in [0.5, 0.6) is 0 Å². The summed E-state index contributed by atoms with van der Waals surface area (Å²) in [5.74, 6) is 0.756. The first kappa shape index (κ1) is 26.4. The molecule has 0 radical (unpaired) electrons. The van der Waals surface area contributed by atoms with Crippen LogP contribution in [0.1, 0.15) is 45.2 Å². The van der Waals surface area contributed by atoms with Crippen molar-refractivity contribution in [1.29, 1.82) is 0 Å². The van der Waals surface area contributed by atoms with Gasteiger partial charge in [-0.15, -0.1) is 24.0 Å². The third-order valence-electron chi connectivity index (χ3n) is 3.38. The molecular formula is C20H35IN4O3. The fourth-order valence-corrected chi connectivity index (χ4v) is 2.30. The number of methoxy groups -OCH3 is 1. The molecule has 3 N–H and O–H groups in total. The highest BCUT2D eigenvalue weighted by atomic mass is 127.